The first-order valence-corrected chi connectivity index (χ1v) is 10.1. The molecule has 0 aliphatic rings. The Morgan fingerprint density at radius 1 is 1.07 bits per heavy atom. The number of pyridine rings is 1. The zero-order valence-electron chi connectivity index (χ0n) is 20.7. The van der Waals surface area contributed by atoms with Crippen molar-refractivity contribution in [2.75, 3.05) is 0 Å². The molecule has 4 aromatic rings. The van der Waals surface area contributed by atoms with Gasteiger partial charge in [0.15, 0.2) is 0 Å². The first-order valence-electron chi connectivity index (χ1n) is 11.6. The molecule has 1 atom stereocenters. The zero-order valence-corrected chi connectivity index (χ0v) is 17.7. The van der Waals surface area contributed by atoms with E-state index in [2.05, 4.69) is 18.1 Å². The van der Waals surface area contributed by atoms with Crippen molar-refractivity contribution < 1.29 is 14.0 Å². The Morgan fingerprint density at radius 3 is 2.37 bits per heavy atom. The van der Waals surface area contributed by atoms with E-state index in [1.807, 2.05) is 60.7 Å². The summed E-state index contributed by atoms with van der Waals surface area (Å²) in [7, 11) is 0. The fourth-order valence-electron chi connectivity index (χ4n) is 3.59. The maximum Gasteiger partial charge on any atom is 0.137 e. The molecule has 154 valence electrons. The Bertz CT molecular complexity index is 1270. The molecule has 0 saturated heterocycles. The van der Waals surface area contributed by atoms with E-state index in [9.17, 15) is 5.11 Å². The molecule has 0 radical (unpaired) electrons. The number of nitrogens with zero attached hydrogens (tertiary/aromatic N) is 2. The van der Waals surface area contributed by atoms with Crippen LogP contribution in [0.5, 0.6) is 5.75 Å². The van der Waals surface area contributed by atoms with E-state index < -0.39 is 12.5 Å². The van der Waals surface area contributed by atoms with Crippen molar-refractivity contribution in [1.29, 1.82) is 0 Å². The van der Waals surface area contributed by atoms with E-state index in [0.29, 0.717) is 5.56 Å². The predicted molar refractivity (Wildman–Crippen MR) is 122 cm³/mol. The molecule has 4 rings (SSSR count). The molecular formula is C26H28N2O2. The van der Waals surface area contributed by atoms with E-state index in [-0.39, 0.29) is 6.10 Å². The molecule has 0 saturated carbocycles. The minimum Gasteiger partial charge on any atom is -0.491 e. The van der Waals surface area contributed by atoms with Gasteiger partial charge in [-0.25, -0.2) is 4.98 Å². The molecule has 0 amide bonds. The van der Waals surface area contributed by atoms with Crippen molar-refractivity contribution in [2.24, 2.45) is 0 Å². The number of fused-ring (bicyclic) bond motifs is 1. The number of imidazole rings is 1. The molecule has 2 aromatic heterocycles. The number of aromatic nitrogens is 2. The van der Waals surface area contributed by atoms with Crippen molar-refractivity contribution in [3.8, 4) is 28.1 Å². The van der Waals surface area contributed by atoms with Crippen LogP contribution in [-0.4, -0.2) is 20.6 Å². The van der Waals surface area contributed by atoms with Crippen LogP contribution in [0.3, 0.4) is 0 Å². The fraction of sp³-hybridized carbons (Fsp3) is 0.269. The highest BCUT2D eigenvalue weighted by molar-refractivity contribution is 5.72. The Labute approximate surface area is 182 Å². The smallest absolute Gasteiger partial charge is 0.137 e. The zero-order chi connectivity index (χ0) is 24.0. The quantitative estimate of drug-likeness (QED) is 0.445. The molecular weight excluding hydrogens is 372 g/mol. The number of benzene rings is 2. The molecule has 0 fully saturated rings. The number of ether oxygens (including phenoxy) is 1. The van der Waals surface area contributed by atoms with Crippen molar-refractivity contribution in [3.05, 3.63) is 78.1 Å². The topological polar surface area (TPSA) is 46.8 Å². The van der Waals surface area contributed by atoms with Crippen LogP contribution in [0.15, 0.2) is 67.0 Å². The van der Waals surface area contributed by atoms with E-state index >= 15 is 0 Å². The summed E-state index contributed by atoms with van der Waals surface area (Å²) in [6.45, 7) is 4.87. The number of aryl methyl sites for hydroxylation is 1. The summed E-state index contributed by atoms with van der Waals surface area (Å²) >= 11 is 0. The highest BCUT2D eigenvalue weighted by Crippen LogP contribution is 2.30. The van der Waals surface area contributed by atoms with Crippen LogP contribution in [-0.2, 0) is 5.60 Å². The second kappa shape index (κ2) is 7.62. The van der Waals surface area contributed by atoms with Crippen molar-refractivity contribution in [1.82, 2.24) is 9.38 Å². The second-order valence-corrected chi connectivity index (χ2v) is 8.08. The van der Waals surface area contributed by atoms with E-state index in [4.69, 9.17) is 8.85 Å². The average Bonchev–Trinajstić information content (AvgIpc) is 3.15. The van der Waals surface area contributed by atoms with Crippen LogP contribution in [0.2, 0.25) is 0 Å². The molecule has 0 aliphatic heterocycles. The van der Waals surface area contributed by atoms with Crippen LogP contribution < -0.4 is 4.74 Å². The third-order valence-corrected chi connectivity index (χ3v) is 5.13. The normalized spacial score (nSPS) is 15.5. The molecule has 1 unspecified atom stereocenters. The Morgan fingerprint density at radius 2 is 1.73 bits per heavy atom. The summed E-state index contributed by atoms with van der Waals surface area (Å²) in [4.78, 5) is 4.55. The average molecular weight is 404 g/mol. The van der Waals surface area contributed by atoms with Gasteiger partial charge in [-0.05, 0) is 69.4 Å². The third kappa shape index (κ3) is 3.96. The lowest BCUT2D eigenvalue weighted by atomic mass is 9.97. The van der Waals surface area contributed by atoms with E-state index in [1.54, 1.807) is 18.3 Å². The fourth-order valence-corrected chi connectivity index (χ4v) is 3.59. The molecule has 4 nitrogen and oxygen atoms in total. The summed E-state index contributed by atoms with van der Waals surface area (Å²) < 4.78 is 30.6. The van der Waals surface area contributed by atoms with Crippen LogP contribution in [0, 0.1) is 6.92 Å². The standard InChI is InChI=1S/C26H28N2O2/c1-17(2)30-22-12-8-19(9-13-22)23-16-28-24(15-27-25(28)14-18(23)3)20-6-10-21(11-7-20)26(4,5)29/h6-17,29H,1-5H3/i4D3. The highest BCUT2D eigenvalue weighted by atomic mass is 16.5. The Kier molecular flexibility index (Phi) is 4.23. The number of hydrogen-bond acceptors (Lipinski definition) is 3. The van der Waals surface area contributed by atoms with Gasteiger partial charge in [0.05, 0.1) is 23.6 Å². The van der Waals surface area contributed by atoms with Crippen molar-refractivity contribution in [3.63, 3.8) is 0 Å². The van der Waals surface area contributed by atoms with Gasteiger partial charge in [-0.3, -0.25) is 4.40 Å². The van der Waals surface area contributed by atoms with Gasteiger partial charge in [0.1, 0.15) is 11.4 Å². The van der Waals surface area contributed by atoms with Gasteiger partial charge in [0.2, 0.25) is 0 Å². The van der Waals surface area contributed by atoms with Gasteiger partial charge < -0.3 is 9.84 Å². The van der Waals surface area contributed by atoms with Gasteiger partial charge in [0.25, 0.3) is 0 Å². The molecule has 4 heteroatoms. The molecule has 2 aromatic carbocycles. The van der Waals surface area contributed by atoms with Gasteiger partial charge in [-0.1, -0.05) is 36.4 Å². The van der Waals surface area contributed by atoms with E-state index in [1.165, 1.54) is 6.92 Å². The maximum absolute atomic E-state index is 10.5. The number of aliphatic hydroxyl groups is 1. The van der Waals surface area contributed by atoms with E-state index in [0.717, 1.165) is 39.3 Å². The van der Waals surface area contributed by atoms with Gasteiger partial charge in [0, 0.05) is 21.4 Å². The number of hydrogen-bond donors (Lipinski definition) is 1. The first kappa shape index (κ1) is 16.7. The first-order chi connectivity index (χ1) is 15.5. The molecule has 0 aliphatic carbocycles. The minimum absolute atomic E-state index is 0.122. The number of rotatable bonds is 5. The highest BCUT2D eigenvalue weighted by Gasteiger charge is 2.16. The molecule has 0 spiro atoms. The Hall–Kier alpha value is -3.11. The SMILES string of the molecule is [2H]C([2H])([2H])C(C)(O)c1ccc(-c2cnc3cc(C)c(-c4ccc(OC(C)C)cc4)cn23)cc1. The van der Waals surface area contributed by atoms with Gasteiger partial charge in [-0.15, -0.1) is 0 Å². The largest absolute Gasteiger partial charge is 0.491 e. The molecule has 2 heterocycles. The lowest BCUT2D eigenvalue weighted by Gasteiger charge is -2.18. The summed E-state index contributed by atoms with van der Waals surface area (Å²) in [5.74, 6) is 0.837. The monoisotopic (exact) mass is 403 g/mol. The minimum atomic E-state index is -2.51. The van der Waals surface area contributed by atoms with Crippen LogP contribution in [0.25, 0.3) is 28.0 Å². The maximum atomic E-state index is 10.5. The van der Waals surface area contributed by atoms with Gasteiger partial charge in [-0.2, -0.15) is 0 Å². The summed E-state index contributed by atoms with van der Waals surface area (Å²) in [6.07, 6.45) is 3.99. The Balaban J connectivity index is 1.72. The summed E-state index contributed by atoms with van der Waals surface area (Å²) in [5.41, 5.74) is 4.29. The lowest BCUT2D eigenvalue weighted by molar-refractivity contribution is 0.0786. The van der Waals surface area contributed by atoms with Crippen molar-refractivity contribution >= 4 is 5.65 Å². The third-order valence-electron chi connectivity index (χ3n) is 5.13. The van der Waals surface area contributed by atoms with Crippen LogP contribution in [0.1, 0.15) is 42.9 Å². The molecule has 0 bridgehead atoms. The molecule has 1 N–H and O–H groups in total. The van der Waals surface area contributed by atoms with Crippen LogP contribution in [0.4, 0.5) is 0 Å². The second-order valence-electron chi connectivity index (χ2n) is 8.08. The summed E-state index contributed by atoms with van der Waals surface area (Å²) in [6, 6.07) is 17.0. The summed E-state index contributed by atoms with van der Waals surface area (Å²) in [5, 5.41) is 10.5. The van der Waals surface area contributed by atoms with Gasteiger partial charge >= 0.3 is 0 Å². The lowest BCUT2D eigenvalue weighted by Crippen LogP contribution is -2.14. The predicted octanol–water partition coefficient (Wildman–Crippen LogP) is 5.99. The van der Waals surface area contributed by atoms with Crippen molar-refractivity contribution in [2.45, 2.75) is 46.3 Å². The molecule has 30 heavy (non-hydrogen) atoms. The van der Waals surface area contributed by atoms with Crippen LogP contribution >= 0.6 is 0 Å².